The van der Waals surface area contributed by atoms with Crippen molar-refractivity contribution < 1.29 is 18.6 Å². The highest BCUT2D eigenvalue weighted by molar-refractivity contribution is 5.81. The van der Waals surface area contributed by atoms with E-state index in [1.807, 2.05) is 24.3 Å². The Labute approximate surface area is 151 Å². The minimum Gasteiger partial charge on any atom is -0.497 e. The maximum absolute atomic E-state index is 12.6. The summed E-state index contributed by atoms with van der Waals surface area (Å²) in [7, 11) is 4.76. The maximum Gasteiger partial charge on any atom is 0.196 e. The Morgan fingerprint density at radius 2 is 1.65 bits per heavy atom. The van der Waals surface area contributed by atoms with E-state index in [1.165, 1.54) is 0 Å². The molecule has 0 atom stereocenters. The molecule has 3 aromatic rings. The largest absolute Gasteiger partial charge is 0.497 e. The van der Waals surface area contributed by atoms with E-state index in [9.17, 15) is 4.79 Å². The maximum atomic E-state index is 12.6. The Balaban J connectivity index is 2.04. The lowest BCUT2D eigenvalue weighted by molar-refractivity contribution is 0.355. The molecule has 0 unspecified atom stereocenters. The van der Waals surface area contributed by atoms with E-state index < -0.39 is 0 Å². The fourth-order valence-corrected chi connectivity index (χ4v) is 2.70. The van der Waals surface area contributed by atoms with Gasteiger partial charge in [0.25, 0.3) is 0 Å². The molecule has 0 aliphatic carbocycles. The number of rotatable bonds is 5. The Bertz CT molecular complexity index is 1030. The van der Waals surface area contributed by atoms with Gasteiger partial charge in [0.15, 0.2) is 16.9 Å². The zero-order valence-electron chi connectivity index (χ0n) is 15.2. The standard InChI is InChI=1S/C21H20O5/c1-13-17(9-5-14-6-10-18(24-3)20(11-14)25-4)26-19-12-15(23-2)7-8-16(19)21(13)22/h5-12H,1-4H3. The monoisotopic (exact) mass is 352 g/mol. The first-order chi connectivity index (χ1) is 12.6. The van der Waals surface area contributed by atoms with Crippen LogP contribution < -0.4 is 19.6 Å². The molecule has 0 aliphatic heterocycles. The summed E-state index contributed by atoms with van der Waals surface area (Å²) < 4.78 is 21.7. The van der Waals surface area contributed by atoms with Gasteiger partial charge in [-0.05, 0) is 42.8 Å². The molecule has 3 rings (SSSR count). The van der Waals surface area contributed by atoms with Crippen LogP contribution in [0, 0.1) is 6.92 Å². The molecule has 0 saturated carbocycles. The molecule has 0 N–H and O–H groups in total. The summed E-state index contributed by atoms with van der Waals surface area (Å²) in [6.07, 6.45) is 3.64. The average molecular weight is 352 g/mol. The van der Waals surface area contributed by atoms with Crippen LogP contribution >= 0.6 is 0 Å². The summed E-state index contributed by atoms with van der Waals surface area (Å²) >= 11 is 0. The van der Waals surface area contributed by atoms with Gasteiger partial charge in [-0.15, -0.1) is 0 Å². The molecule has 0 radical (unpaired) electrons. The Morgan fingerprint density at radius 1 is 0.885 bits per heavy atom. The third-order valence-corrected chi connectivity index (χ3v) is 4.20. The molecular weight excluding hydrogens is 332 g/mol. The Morgan fingerprint density at radius 3 is 2.35 bits per heavy atom. The topological polar surface area (TPSA) is 57.9 Å². The number of hydrogen-bond acceptors (Lipinski definition) is 5. The molecule has 26 heavy (non-hydrogen) atoms. The van der Waals surface area contributed by atoms with Gasteiger partial charge in [0.1, 0.15) is 17.1 Å². The van der Waals surface area contributed by atoms with Crippen molar-refractivity contribution in [3.05, 3.63) is 63.5 Å². The smallest absolute Gasteiger partial charge is 0.196 e. The highest BCUT2D eigenvalue weighted by Gasteiger charge is 2.10. The van der Waals surface area contributed by atoms with Gasteiger partial charge in [-0.3, -0.25) is 4.79 Å². The van der Waals surface area contributed by atoms with Crippen LogP contribution in [0.2, 0.25) is 0 Å². The lowest BCUT2D eigenvalue weighted by Crippen LogP contribution is -2.07. The first kappa shape index (κ1) is 17.6. The van der Waals surface area contributed by atoms with Crippen LogP contribution in [0.3, 0.4) is 0 Å². The molecule has 2 aromatic carbocycles. The van der Waals surface area contributed by atoms with Gasteiger partial charge in [0, 0.05) is 11.6 Å². The van der Waals surface area contributed by atoms with Crippen molar-refractivity contribution in [3.8, 4) is 17.2 Å². The van der Waals surface area contributed by atoms with Crippen LogP contribution in [-0.2, 0) is 0 Å². The van der Waals surface area contributed by atoms with Crippen LogP contribution in [0.5, 0.6) is 17.2 Å². The van der Waals surface area contributed by atoms with Crippen molar-refractivity contribution in [3.63, 3.8) is 0 Å². The molecular formula is C21H20O5. The van der Waals surface area contributed by atoms with Crippen molar-refractivity contribution in [1.29, 1.82) is 0 Å². The molecule has 0 amide bonds. The normalized spacial score (nSPS) is 11.1. The second kappa shape index (κ2) is 7.35. The summed E-state index contributed by atoms with van der Waals surface area (Å²) in [5, 5.41) is 0.534. The summed E-state index contributed by atoms with van der Waals surface area (Å²) in [6, 6.07) is 10.8. The summed E-state index contributed by atoms with van der Waals surface area (Å²) in [4.78, 5) is 12.6. The number of methoxy groups -OCH3 is 3. The van der Waals surface area contributed by atoms with Gasteiger partial charge < -0.3 is 18.6 Å². The van der Waals surface area contributed by atoms with E-state index in [-0.39, 0.29) is 5.43 Å². The first-order valence-corrected chi connectivity index (χ1v) is 8.09. The summed E-state index contributed by atoms with van der Waals surface area (Å²) in [5.41, 5.74) is 1.89. The van der Waals surface area contributed by atoms with E-state index in [0.29, 0.717) is 39.5 Å². The lowest BCUT2D eigenvalue weighted by atomic mass is 10.1. The third-order valence-electron chi connectivity index (χ3n) is 4.20. The molecule has 0 saturated heterocycles. The molecule has 1 aromatic heterocycles. The predicted octanol–water partition coefficient (Wildman–Crippen LogP) is 4.30. The molecule has 5 nitrogen and oxygen atoms in total. The summed E-state index contributed by atoms with van der Waals surface area (Å²) in [5.74, 6) is 2.44. The second-order valence-electron chi connectivity index (χ2n) is 5.73. The van der Waals surface area contributed by atoms with Crippen molar-refractivity contribution in [1.82, 2.24) is 0 Å². The van der Waals surface area contributed by atoms with Crippen molar-refractivity contribution in [2.75, 3.05) is 21.3 Å². The Hall–Kier alpha value is -3.21. The minimum atomic E-state index is -0.0548. The van der Waals surface area contributed by atoms with Crippen LogP contribution in [0.25, 0.3) is 23.1 Å². The average Bonchev–Trinajstić information content (AvgIpc) is 2.68. The highest BCUT2D eigenvalue weighted by Crippen LogP contribution is 2.28. The molecule has 0 fully saturated rings. The van der Waals surface area contributed by atoms with E-state index in [4.69, 9.17) is 18.6 Å². The van der Waals surface area contributed by atoms with Gasteiger partial charge in [0.2, 0.25) is 0 Å². The zero-order chi connectivity index (χ0) is 18.7. The van der Waals surface area contributed by atoms with Crippen LogP contribution in [0.15, 0.2) is 45.6 Å². The fourth-order valence-electron chi connectivity index (χ4n) is 2.70. The van der Waals surface area contributed by atoms with E-state index in [2.05, 4.69) is 0 Å². The van der Waals surface area contributed by atoms with Crippen LogP contribution in [0.1, 0.15) is 16.9 Å². The van der Waals surface area contributed by atoms with Crippen molar-refractivity contribution in [2.24, 2.45) is 0 Å². The molecule has 5 heteroatoms. The minimum absolute atomic E-state index is 0.0548. The third kappa shape index (κ3) is 3.28. The summed E-state index contributed by atoms with van der Waals surface area (Å²) in [6.45, 7) is 1.75. The van der Waals surface area contributed by atoms with Crippen LogP contribution in [-0.4, -0.2) is 21.3 Å². The van der Waals surface area contributed by atoms with Gasteiger partial charge in [-0.1, -0.05) is 12.1 Å². The Kier molecular flexibility index (Phi) is 4.98. The van der Waals surface area contributed by atoms with Gasteiger partial charge in [0.05, 0.1) is 26.7 Å². The van der Waals surface area contributed by atoms with E-state index >= 15 is 0 Å². The first-order valence-electron chi connectivity index (χ1n) is 8.09. The fraction of sp³-hybridized carbons (Fsp3) is 0.190. The van der Waals surface area contributed by atoms with Crippen molar-refractivity contribution >= 4 is 23.1 Å². The van der Waals surface area contributed by atoms with Crippen LogP contribution in [0.4, 0.5) is 0 Å². The number of fused-ring (bicyclic) bond motifs is 1. The molecule has 0 aliphatic rings. The van der Waals surface area contributed by atoms with Crippen molar-refractivity contribution in [2.45, 2.75) is 6.92 Å². The predicted molar refractivity (Wildman–Crippen MR) is 102 cm³/mol. The molecule has 134 valence electrons. The lowest BCUT2D eigenvalue weighted by Gasteiger charge is -2.08. The second-order valence-corrected chi connectivity index (χ2v) is 5.73. The van der Waals surface area contributed by atoms with E-state index in [0.717, 1.165) is 5.56 Å². The van der Waals surface area contributed by atoms with Gasteiger partial charge >= 0.3 is 0 Å². The molecule has 1 heterocycles. The number of benzene rings is 2. The quantitative estimate of drug-likeness (QED) is 0.685. The zero-order valence-corrected chi connectivity index (χ0v) is 15.2. The van der Waals surface area contributed by atoms with Gasteiger partial charge in [-0.2, -0.15) is 0 Å². The molecule has 0 bridgehead atoms. The number of ether oxygens (including phenoxy) is 3. The van der Waals surface area contributed by atoms with E-state index in [1.54, 1.807) is 52.5 Å². The highest BCUT2D eigenvalue weighted by atomic mass is 16.5. The van der Waals surface area contributed by atoms with Gasteiger partial charge in [-0.25, -0.2) is 0 Å². The molecule has 0 spiro atoms. The SMILES string of the molecule is COc1ccc2c(=O)c(C)c(C=Cc3ccc(OC)c(OC)c3)oc2c1. The number of hydrogen-bond donors (Lipinski definition) is 0.